The summed E-state index contributed by atoms with van der Waals surface area (Å²) in [5.74, 6) is 0. The molecule has 0 aliphatic carbocycles. The van der Waals surface area contributed by atoms with Crippen LogP contribution >= 0.6 is 24.8 Å². The van der Waals surface area contributed by atoms with E-state index in [2.05, 4.69) is 6.92 Å². The average Bonchev–Trinajstić information content (AvgIpc) is 0.811. The van der Waals surface area contributed by atoms with Crippen LogP contribution in [0.15, 0.2) is 0 Å². The molecule has 1 nitrogen and oxygen atoms in total. The number of hydrogen-bond acceptors (Lipinski definition) is 1. The fraction of sp³-hybridized carbons (Fsp3) is 0.667. The van der Waals surface area contributed by atoms with Crippen LogP contribution in [0.25, 0.3) is 0 Å². The summed E-state index contributed by atoms with van der Waals surface area (Å²) >= 11 is 0. The van der Waals surface area contributed by atoms with Crippen molar-refractivity contribution in [2.45, 2.75) is 13.0 Å². The largest absolute Gasteiger partial charge is 0.328 e. The van der Waals surface area contributed by atoms with E-state index in [0.29, 0.717) is 0 Å². The second-order valence-corrected chi connectivity index (χ2v) is 0.977. The average molecular weight is 131 g/mol. The lowest BCUT2D eigenvalue weighted by molar-refractivity contribution is 0.923. The second kappa shape index (κ2) is 9.11. The van der Waals surface area contributed by atoms with Crippen molar-refractivity contribution >= 4 is 24.8 Å². The van der Waals surface area contributed by atoms with Gasteiger partial charge in [0.1, 0.15) is 0 Å². The highest BCUT2D eigenvalue weighted by Crippen LogP contribution is 1.56. The van der Waals surface area contributed by atoms with Gasteiger partial charge >= 0.3 is 0 Å². The lowest BCUT2D eigenvalue weighted by Crippen LogP contribution is -2.07. The van der Waals surface area contributed by atoms with Gasteiger partial charge in [0.05, 0.1) is 0 Å². The summed E-state index contributed by atoms with van der Waals surface area (Å²) in [5.41, 5.74) is 5.00. The van der Waals surface area contributed by atoms with Gasteiger partial charge in [-0.15, -0.1) is 24.8 Å². The first-order chi connectivity index (χ1) is 1.73. The molecule has 6 heavy (non-hydrogen) atoms. The van der Waals surface area contributed by atoms with Gasteiger partial charge in [-0.05, 0) is 13.8 Å². The Bertz CT molecular complexity index is 13.5. The van der Waals surface area contributed by atoms with Crippen molar-refractivity contribution in [2.75, 3.05) is 0 Å². The van der Waals surface area contributed by atoms with E-state index in [1.54, 1.807) is 0 Å². The summed E-state index contributed by atoms with van der Waals surface area (Å²) in [5, 5.41) is 0. The van der Waals surface area contributed by atoms with E-state index in [4.69, 9.17) is 5.73 Å². The third-order valence-electron chi connectivity index (χ3n) is 0. The maximum atomic E-state index is 5.00. The topological polar surface area (TPSA) is 26.0 Å². The Balaban J connectivity index is -0.0000000450. The maximum Gasteiger partial charge on any atom is 0.00110 e. The number of rotatable bonds is 0. The van der Waals surface area contributed by atoms with Crippen molar-refractivity contribution < 1.29 is 0 Å². The molecular weight excluding hydrogens is 121 g/mol. The van der Waals surface area contributed by atoms with Crippen LogP contribution in [0.5, 0.6) is 0 Å². The summed E-state index contributed by atoms with van der Waals surface area (Å²) in [6, 6.07) is 0.0833. The fourth-order valence-electron chi connectivity index (χ4n) is 0. The Morgan fingerprint density at radius 3 is 1.50 bits per heavy atom. The van der Waals surface area contributed by atoms with Gasteiger partial charge in [0.2, 0.25) is 0 Å². The number of nitrogens with two attached hydrogens (primary N) is 1. The molecule has 0 saturated carbocycles. The van der Waals surface area contributed by atoms with Crippen molar-refractivity contribution in [1.82, 2.24) is 0 Å². The lowest BCUT2D eigenvalue weighted by atomic mass is 10.5. The SMILES string of the molecule is Cl.Cl.[CH2]C(C)N. The number of hydrogen-bond donors (Lipinski definition) is 1. The molecule has 0 aliphatic heterocycles. The molecule has 0 amide bonds. The molecular formula is C3H10Cl2N. The zero-order chi connectivity index (χ0) is 3.58. The Morgan fingerprint density at radius 2 is 1.50 bits per heavy atom. The van der Waals surface area contributed by atoms with E-state index in [-0.39, 0.29) is 30.9 Å². The van der Waals surface area contributed by atoms with Crippen LogP contribution in [0, 0.1) is 6.92 Å². The summed E-state index contributed by atoms with van der Waals surface area (Å²) in [6.07, 6.45) is 0. The third-order valence-corrected chi connectivity index (χ3v) is 0. The normalized spacial score (nSPS) is 6.00. The first-order valence-electron chi connectivity index (χ1n) is 1.32. The van der Waals surface area contributed by atoms with Crippen LogP contribution in [0.2, 0.25) is 0 Å². The van der Waals surface area contributed by atoms with Gasteiger partial charge in [-0.3, -0.25) is 0 Å². The van der Waals surface area contributed by atoms with Gasteiger partial charge in [-0.2, -0.15) is 0 Å². The summed E-state index contributed by atoms with van der Waals surface area (Å²) in [6.45, 7) is 5.25. The molecule has 1 radical (unpaired) electrons. The van der Waals surface area contributed by atoms with Crippen LogP contribution in [-0.2, 0) is 0 Å². The Morgan fingerprint density at radius 1 is 1.50 bits per heavy atom. The van der Waals surface area contributed by atoms with E-state index in [1.807, 2.05) is 6.92 Å². The molecule has 0 spiro atoms. The molecule has 0 rings (SSSR count). The van der Waals surface area contributed by atoms with Crippen molar-refractivity contribution in [3.8, 4) is 0 Å². The van der Waals surface area contributed by atoms with Gasteiger partial charge in [-0.25, -0.2) is 0 Å². The van der Waals surface area contributed by atoms with E-state index >= 15 is 0 Å². The Hall–Kier alpha value is 0.540. The molecule has 0 aromatic carbocycles. The molecule has 0 aliphatic rings. The van der Waals surface area contributed by atoms with Crippen molar-refractivity contribution in [3.63, 3.8) is 0 Å². The first kappa shape index (κ1) is 16.0. The molecule has 0 fully saturated rings. The van der Waals surface area contributed by atoms with Crippen LogP contribution in [-0.4, -0.2) is 6.04 Å². The van der Waals surface area contributed by atoms with Crippen LogP contribution in [0.3, 0.4) is 0 Å². The van der Waals surface area contributed by atoms with E-state index < -0.39 is 0 Å². The monoisotopic (exact) mass is 130 g/mol. The minimum Gasteiger partial charge on any atom is -0.328 e. The van der Waals surface area contributed by atoms with Crippen LogP contribution in [0.1, 0.15) is 6.92 Å². The van der Waals surface area contributed by atoms with Gasteiger partial charge < -0.3 is 5.73 Å². The molecule has 3 heteroatoms. The molecule has 1 unspecified atom stereocenters. The van der Waals surface area contributed by atoms with Crippen LogP contribution < -0.4 is 5.73 Å². The maximum absolute atomic E-state index is 5.00. The molecule has 2 N–H and O–H groups in total. The van der Waals surface area contributed by atoms with Gasteiger partial charge in [0.15, 0.2) is 0 Å². The van der Waals surface area contributed by atoms with E-state index in [1.165, 1.54) is 0 Å². The highest BCUT2D eigenvalue weighted by atomic mass is 35.5. The standard InChI is InChI=1S/C3H8N.2ClH/c1-3(2)4;;/h3H,1,4H2,2H3;2*1H. The molecule has 0 saturated heterocycles. The molecule has 41 valence electrons. The van der Waals surface area contributed by atoms with Gasteiger partial charge in [0, 0.05) is 6.04 Å². The molecule has 1 atom stereocenters. The zero-order valence-electron chi connectivity index (χ0n) is 3.68. The quantitative estimate of drug-likeness (QED) is 0.521. The lowest BCUT2D eigenvalue weighted by Gasteiger charge is -1.81. The van der Waals surface area contributed by atoms with Gasteiger partial charge in [-0.1, -0.05) is 0 Å². The predicted octanol–water partition coefficient (Wildman–Crippen LogP) is 1.01. The van der Waals surface area contributed by atoms with Crippen molar-refractivity contribution in [2.24, 2.45) is 5.73 Å². The summed E-state index contributed by atoms with van der Waals surface area (Å²) in [4.78, 5) is 0. The van der Waals surface area contributed by atoms with Crippen molar-refractivity contribution in [1.29, 1.82) is 0 Å². The van der Waals surface area contributed by atoms with E-state index in [0.717, 1.165) is 0 Å². The second-order valence-electron chi connectivity index (χ2n) is 0.977. The molecule has 0 aromatic heterocycles. The Labute approximate surface area is 51.1 Å². The molecule has 0 bridgehead atoms. The molecule has 0 aromatic rings. The third kappa shape index (κ3) is 195. The minimum atomic E-state index is 0. The minimum absolute atomic E-state index is 0. The number of halogens is 2. The van der Waals surface area contributed by atoms with Crippen LogP contribution in [0.4, 0.5) is 0 Å². The van der Waals surface area contributed by atoms with Gasteiger partial charge in [0.25, 0.3) is 0 Å². The fourth-order valence-corrected chi connectivity index (χ4v) is 0. The van der Waals surface area contributed by atoms with E-state index in [9.17, 15) is 0 Å². The first-order valence-corrected chi connectivity index (χ1v) is 1.32. The summed E-state index contributed by atoms with van der Waals surface area (Å²) < 4.78 is 0. The summed E-state index contributed by atoms with van der Waals surface area (Å²) in [7, 11) is 0. The highest BCUT2D eigenvalue weighted by Gasteiger charge is 1.67. The van der Waals surface area contributed by atoms with Crippen molar-refractivity contribution in [3.05, 3.63) is 6.92 Å². The predicted molar refractivity (Wildman–Crippen MR) is 33.5 cm³/mol. The Kier molecular flexibility index (Phi) is 24.3. The zero-order valence-corrected chi connectivity index (χ0v) is 5.31. The molecule has 0 heterocycles. The smallest absolute Gasteiger partial charge is 0.00110 e. The highest BCUT2D eigenvalue weighted by molar-refractivity contribution is 5.85.